The van der Waals surface area contributed by atoms with Gasteiger partial charge in [0.25, 0.3) is 0 Å². The van der Waals surface area contributed by atoms with Gasteiger partial charge in [-0.3, -0.25) is 0 Å². The lowest BCUT2D eigenvalue weighted by molar-refractivity contribution is 0.442. The monoisotopic (exact) mass is 247 g/mol. The number of nitrogens with one attached hydrogen (secondary N) is 1. The molecule has 0 saturated carbocycles. The molecule has 102 valence electrons. The topological polar surface area (TPSA) is 12.0 Å². The summed E-state index contributed by atoms with van der Waals surface area (Å²) in [5.41, 5.74) is 2.75. The van der Waals surface area contributed by atoms with Crippen molar-refractivity contribution in [3.8, 4) is 0 Å². The van der Waals surface area contributed by atoms with Gasteiger partial charge in [-0.15, -0.1) is 0 Å². The fourth-order valence-electron chi connectivity index (χ4n) is 2.54. The van der Waals surface area contributed by atoms with Crippen LogP contribution in [0.15, 0.2) is 24.3 Å². The van der Waals surface area contributed by atoms with Crippen LogP contribution in [0.4, 0.5) is 5.69 Å². The zero-order chi connectivity index (χ0) is 13.5. The van der Waals surface area contributed by atoms with Crippen molar-refractivity contribution < 1.29 is 0 Å². The molecule has 0 aliphatic rings. The van der Waals surface area contributed by atoms with Gasteiger partial charge in [-0.1, -0.05) is 52.8 Å². The molecular weight excluding hydrogens is 218 g/mol. The lowest BCUT2D eigenvalue weighted by atomic mass is 9.95. The quantitative estimate of drug-likeness (QED) is 0.705. The van der Waals surface area contributed by atoms with E-state index in [1.807, 2.05) is 0 Å². The lowest BCUT2D eigenvalue weighted by Gasteiger charge is -2.24. The van der Waals surface area contributed by atoms with Gasteiger partial charge in [-0.25, -0.2) is 0 Å². The van der Waals surface area contributed by atoms with E-state index < -0.39 is 0 Å². The van der Waals surface area contributed by atoms with Crippen LogP contribution in [0.5, 0.6) is 0 Å². The highest BCUT2D eigenvalue weighted by Gasteiger charge is 2.13. The van der Waals surface area contributed by atoms with Crippen molar-refractivity contribution in [3.63, 3.8) is 0 Å². The van der Waals surface area contributed by atoms with Gasteiger partial charge in [-0.05, 0) is 42.7 Å². The van der Waals surface area contributed by atoms with Crippen molar-refractivity contribution >= 4 is 5.69 Å². The van der Waals surface area contributed by atoms with Gasteiger partial charge in [0.1, 0.15) is 0 Å². The molecule has 0 fully saturated rings. The summed E-state index contributed by atoms with van der Waals surface area (Å²) in [5.74, 6) is 1.49. The van der Waals surface area contributed by atoms with E-state index in [0.717, 1.165) is 18.3 Å². The van der Waals surface area contributed by atoms with Gasteiger partial charge in [-0.2, -0.15) is 0 Å². The summed E-state index contributed by atoms with van der Waals surface area (Å²) < 4.78 is 0. The van der Waals surface area contributed by atoms with E-state index >= 15 is 0 Å². The minimum atomic E-state index is 0.595. The van der Waals surface area contributed by atoms with Crippen LogP contribution in [0.25, 0.3) is 0 Å². The van der Waals surface area contributed by atoms with E-state index in [1.54, 1.807) is 0 Å². The molecule has 1 rings (SSSR count). The van der Waals surface area contributed by atoms with Gasteiger partial charge in [0, 0.05) is 11.7 Å². The van der Waals surface area contributed by atoms with Crippen LogP contribution < -0.4 is 5.32 Å². The van der Waals surface area contributed by atoms with Crippen LogP contribution in [0, 0.1) is 11.8 Å². The fraction of sp³-hybridized carbons (Fsp3) is 0.647. The Morgan fingerprint density at radius 2 is 1.50 bits per heavy atom. The van der Waals surface area contributed by atoms with Gasteiger partial charge < -0.3 is 5.32 Å². The molecule has 1 heteroatoms. The highest BCUT2D eigenvalue weighted by atomic mass is 14.9. The van der Waals surface area contributed by atoms with E-state index in [2.05, 4.69) is 64.2 Å². The molecule has 1 nitrogen and oxygen atoms in total. The summed E-state index contributed by atoms with van der Waals surface area (Å²) in [5, 5.41) is 3.76. The predicted molar refractivity (Wildman–Crippen MR) is 82.1 cm³/mol. The normalized spacial score (nSPS) is 11.6. The second-order valence-electron chi connectivity index (χ2n) is 6.11. The van der Waals surface area contributed by atoms with Crippen molar-refractivity contribution in [2.75, 3.05) is 5.32 Å². The Morgan fingerprint density at radius 1 is 0.944 bits per heavy atom. The van der Waals surface area contributed by atoms with Crippen LogP contribution in [-0.2, 0) is 6.42 Å². The summed E-state index contributed by atoms with van der Waals surface area (Å²) in [7, 11) is 0. The van der Waals surface area contributed by atoms with Crippen molar-refractivity contribution in [3.05, 3.63) is 29.8 Å². The molecule has 1 aromatic carbocycles. The first-order chi connectivity index (χ1) is 8.52. The summed E-state index contributed by atoms with van der Waals surface area (Å²) >= 11 is 0. The number of rotatable bonds is 7. The van der Waals surface area contributed by atoms with Crippen LogP contribution >= 0.6 is 0 Å². The van der Waals surface area contributed by atoms with Crippen molar-refractivity contribution in [1.29, 1.82) is 0 Å². The van der Waals surface area contributed by atoms with Crippen molar-refractivity contribution in [2.24, 2.45) is 11.8 Å². The summed E-state index contributed by atoms with van der Waals surface area (Å²) in [6.07, 6.45) is 3.59. The highest BCUT2D eigenvalue weighted by molar-refractivity contribution is 5.51. The minimum absolute atomic E-state index is 0.595. The van der Waals surface area contributed by atoms with E-state index in [4.69, 9.17) is 0 Å². The molecule has 0 heterocycles. The molecule has 1 aromatic rings. The zero-order valence-corrected chi connectivity index (χ0v) is 12.7. The maximum absolute atomic E-state index is 3.76. The first kappa shape index (κ1) is 15.1. The molecule has 0 unspecified atom stereocenters. The first-order valence-corrected chi connectivity index (χ1v) is 7.37. The smallest absolute Gasteiger partial charge is 0.0374 e. The Balaban J connectivity index is 2.74. The van der Waals surface area contributed by atoms with E-state index in [9.17, 15) is 0 Å². The van der Waals surface area contributed by atoms with Crippen LogP contribution in [0.1, 0.15) is 53.0 Å². The number of para-hydroxylation sites is 1. The molecular formula is C17H29N. The largest absolute Gasteiger partial charge is 0.382 e. The molecule has 0 aliphatic carbocycles. The van der Waals surface area contributed by atoms with E-state index in [-0.39, 0.29) is 0 Å². The molecule has 0 radical (unpaired) electrons. The van der Waals surface area contributed by atoms with Crippen LogP contribution in [-0.4, -0.2) is 6.04 Å². The minimum Gasteiger partial charge on any atom is -0.382 e. The Labute approximate surface area is 113 Å². The van der Waals surface area contributed by atoms with Gasteiger partial charge in [0.15, 0.2) is 0 Å². The van der Waals surface area contributed by atoms with Crippen LogP contribution in [0.2, 0.25) is 0 Å². The number of anilines is 1. The van der Waals surface area contributed by atoms with E-state index in [1.165, 1.54) is 24.1 Å². The number of aryl methyl sites for hydroxylation is 1. The average Bonchev–Trinajstić information content (AvgIpc) is 2.27. The third-order valence-electron chi connectivity index (χ3n) is 3.27. The lowest BCUT2D eigenvalue weighted by Crippen LogP contribution is -2.24. The molecule has 0 bridgehead atoms. The van der Waals surface area contributed by atoms with Crippen molar-refractivity contribution in [1.82, 2.24) is 0 Å². The predicted octanol–water partition coefficient (Wildman–Crippen LogP) is 5.12. The molecule has 0 spiro atoms. The van der Waals surface area contributed by atoms with Gasteiger partial charge in [0.05, 0.1) is 0 Å². The van der Waals surface area contributed by atoms with Gasteiger partial charge in [0.2, 0.25) is 0 Å². The maximum atomic E-state index is 3.76. The summed E-state index contributed by atoms with van der Waals surface area (Å²) in [6, 6.07) is 9.29. The molecule has 0 aliphatic heterocycles. The molecule has 0 aromatic heterocycles. The second kappa shape index (κ2) is 7.45. The molecule has 18 heavy (non-hydrogen) atoms. The number of hydrogen-bond donors (Lipinski definition) is 1. The van der Waals surface area contributed by atoms with Crippen molar-refractivity contribution in [2.45, 2.75) is 59.9 Å². The SMILES string of the molecule is CCc1ccccc1NC(CC(C)C)CC(C)C. The Bertz CT molecular complexity index is 331. The van der Waals surface area contributed by atoms with Crippen LogP contribution in [0.3, 0.4) is 0 Å². The zero-order valence-electron chi connectivity index (χ0n) is 12.7. The first-order valence-electron chi connectivity index (χ1n) is 7.37. The average molecular weight is 247 g/mol. The fourth-order valence-corrected chi connectivity index (χ4v) is 2.54. The number of benzene rings is 1. The van der Waals surface area contributed by atoms with Gasteiger partial charge >= 0.3 is 0 Å². The summed E-state index contributed by atoms with van der Waals surface area (Å²) in [6.45, 7) is 11.4. The molecule has 0 saturated heterocycles. The molecule has 1 N–H and O–H groups in total. The molecule has 0 atom stereocenters. The Morgan fingerprint density at radius 3 is 2.00 bits per heavy atom. The summed E-state index contributed by atoms with van der Waals surface area (Å²) in [4.78, 5) is 0. The molecule has 0 amide bonds. The third-order valence-corrected chi connectivity index (χ3v) is 3.27. The Kier molecular flexibility index (Phi) is 6.24. The maximum Gasteiger partial charge on any atom is 0.0374 e. The highest BCUT2D eigenvalue weighted by Crippen LogP contribution is 2.22. The van der Waals surface area contributed by atoms with E-state index in [0.29, 0.717) is 6.04 Å². The Hall–Kier alpha value is -0.980. The second-order valence-corrected chi connectivity index (χ2v) is 6.11. The third kappa shape index (κ3) is 5.12. The number of hydrogen-bond acceptors (Lipinski definition) is 1. The standard InChI is InChI=1S/C17H29N/c1-6-15-9-7-8-10-17(15)18-16(11-13(2)3)12-14(4)5/h7-10,13-14,16,18H,6,11-12H2,1-5H3.